The van der Waals surface area contributed by atoms with E-state index in [4.69, 9.17) is 21.3 Å². The molecule has 158 valence electrons. The molecule has 0 saturated carbocycles. The molecule has 0 fully saturated rings. The van der Waals surface area contributed by atoms with Gasteiger partial charge in [-0.1, -0.05) is 74.5 Å². The summed E-state index contributed by atoms with van der Waals surface area (Å²) in [5.74, 6) is -0.690. The molecular weight excluding hydrogens is 403 g/mol. The third-order valence-electron chi connectivity index (χ3n) is 4.30. The van der Waals surface area contributed by atoms with Crippen LogP contribution >= 0.6 is 19.8 Å². The zero-order valence-electron chi connectivity index (χ0n) is 17.3. The van der Waals surface area contributed by atoms with Gasteiger partial charge in [-0.3, -0.25) is 4.57 Å². The van der Waals surface area contributed by atoms with E-state index in [0.29, 0.717) is 18.3 Å². The first kappa shape index (κ1) is 23.6. The maximum Gasteiger partial charge on any atom is 0.357 e. The van der Waals surface area contributed by atoms with Gasteiger partial charge in [-0.25, -0.2) is 0 Å². The number of benzene rings is 2. The predicted octanol–water partition coefficient (Wildman–Crippen LogP) is 5.96. The Hall–Kier alpha value is -1.72. The SMILES string of the molecule is CCCOP(=O)(OCCC)C(NC(=S)N[C@@H](C)c1ccccc1)c1ccccc1. The van der Waals surface area contributed by atoms with Crippen LogP contribution in [0.3, 0.4) is 0 Å². The van der Waals surface area contributed by atoms with Crippen LogP contribution < -0.4 is 10.6 Å². The van der Waals surface area contributed by atoms with E-state index in [1.807, 2.05) is 81.4 Å². The van der Waals surface area contributed by atoms with Gasteiger partial charge in [0, 0.05) is 0 Å². The van der Waals surface area contributed by atoms with Crippen LogP contribution in [-0.4, -0.2) is 18.3 Å². The molecule has 0 amide bonds. The first-order valence-corrected chi connectivity index (χ1v) is 12.1. The molecule has 29 heavy (non-hydrogen) atoms. The van der Waals surface area contributed by atoms with Crippen LogP contribution in [-0.2, 0) is 13.6 Å². The number of rotatable bonds is 11. The Bertz CT molecular complexity index is 777. The van der Waals surface area contributed by atoms with E-state index >= 15 is 0 Å². The van der Waals surface area contributed by atoms with E-state index in [-0.39, 0.29) is 6.04 Å². The largest absolute Gasteiger partial charge is 0.357 e. The minimum absolute atomic E-state index is 0.000120. The van der Waals surface area contributed by atoms with Gasteiger partial charge in [0.05, 0.1) is 19.3 Å². The molecule has 1 unspecified atom stereocenters. The van der Waals surface area contributed by atoms with E-state index in [9.17, 15) is 4.57 Å². The monoisotopic (exact) mass is 434 g/mol. The normalized spacial score (nSPS) is 13.5. The first-order chi connectivity index (χ1) is 14.0. The van der Waals surface area contributed by atoms with Crippen LogP contribution in [0.5, 0.6) is 0 Å². The van der Waals surface area contributed by atoms with Crippen molar-refractivity contribution >= 4 is 24.9 Å². The average Bonchev–Trinajstić information content (AvgIpc) is 2.75. The van der Waals surface area contributed by atoms with Gasteiger partial charge in [0.15, 0.2) is 10.9 Å². The smallest absolute Gasteiger partial charge is 0.356 e. The van der Waals surface area contributed by atoms with Gasteiger partial charge in [0.25, 0.3) is 0 Å². The predicted molar refractivity (Wildman–Crippen MR) is 123 cm³/mol. The maximum atomic E-state index is 13.7. The lowest BCUT2D eigenvalue weighted by atomic mass is 10.1. The van der Waals surface area contributed by atoms with Crippen molar-refractivity contribution in [2.45, 2.75) is 45.4 Å². The summed E-state index contributed by atoms with van der Waals surface area (Å²) in [7, 11) is -3.49. The van der Waals surface area contributed by atoms with E-state index < -0.39 is 13.4 Å². The summed E-state index contributed by atoms with van der Waals surface area (Å²) in [5, 5.41) is 6.87. The Morgan fingerprint density at radius 2 is 1.38 bits per heavy atom. The van der Waals surface area contributed by atoms with Crippen molar-refractivity contribution < 1.29 is 13.6 Å². The van der Waals surface area contributed by atoms with Crippen molar-refractivity contribution in [2.75, 3.05) is 13.2 Å². The Labute approximate surface area is 179 Å². The molecule has 0 heterocycles. The van der Waals surface area contributed by atoms with Gasteiger partial charge >= 0.3 is 7.60 Å². The first-order valence-electron chi connectivity index (χ1n) is 10.1. The van der Waals surface area contributed by atoms with Gasteiger partial charge in [-0.2, -0.15) is 0 Å². The second kappa shape index (κ2) is 12.1. The summed E-state index contributed by atoms with van der Waals surface area (Å²) in [4.78, 5) is 0. The van der Waals surface area contributed by atoms with Crippen molar-refractivity contribution in [3.63, 3.8) is 0 Å². The molecule has 2 atom stereocenters. The zero-order chi connectivity index (χ0) is 21.1. The van der Waals surface area contributed by atoms with Crippen molar-refractivity contribution in [1.82, 2.24) is 10.6 Å². The fourth-order valence-corrected chi connectivity index (χ4v) is 5.24. The Balaban J connectivity index is 2.23. The third kappa shape index (κ3) is 7.23. The minimum atomic E-state index is -3.49. The molecule has 0 aromatic heterocycles. The zero-order valence-corrected chi connectivity index (χ0v) is 19.0. The fourth-order valence-electron chi connectivity index (χ4n) is 2.79. The average molecular weight is 435 g/mol. The Kier molecular flexibility index (Phi) is 9.82. The summed E-state index contributed by atoms with van der Waals surface area (Å²) in [6.45, 7) is 6.69. The Morgan fingerprint density at radius 3 is 1.86 bits per heavy atom. The van der Waals surface area contributed by atoms with Crippen molar-refractivity contribution in [2.24, 2.45) is 0 Å². The quantitative estimate of drug-likeness (QED) is 0.336. The second-order valence-electron chi connectivity index (χ2n) is 6.77. The molecule has 0 saturated heterocycles. The molecule has 0 aliphatic rings. The van der Waals surface area contributed by atoms with E-state index in [0.717, 1.165) is 24.0 Å². The van der Waals surface area contributed by atoms with Gasteiger partial charge in [-0.05, 0) is 43.1 Å². The number of hydrogen-bond donors (Lipinski definition) is 2. The van der Waals surface area contributed by atoms with Crippen molar-refractivity contribution in [1.29, 1.82) is 0 Å². The van der Waals surface area contributed by atoms with Crippen LogP contribution in [0.4, 0.5) is 0 Å². The summed E-state index contributed by atoms with van der Waals surface area (Å²) in [5.41, 5.74) is 1.92. The second-order valence-corrected chi connectivity index (χ2v) is 9.29. The molecule has 7 heteroatoms. The molecule has 2 aromatic carbocycles. The minimum Gasteiger partial charge on any atom is -0.356 e. The van der Waals surface area contributed by atoms with Crippen LogP contribution in [0.15, 0.2) is 60.7 Å². The Morgan fingerprint density at radius 1 is 0.897 bits per heavy atom. The topological polar surface area (TPSA) is 59.6 Å². The molecule has 0 spiro atoms. The summed E-state index contributed by atoms with van der Waals surface area (Å²) < 4.78 is 25.3. The summed E-state index contributed by atoms with van der Waals surface area (Å²) >= 11 is 5.55. The lowest BCUT2D eigenvalue weighted by molar-refractivity contribution is 0.195. The highest BCUT2D eigenvalue weighted by Gasteiger charge is 2.38. The molecular formula is C22H31N2O3PS. The van der Waals surface area contributed by atoms with Crippen LogP contribution in [0, 0.1) is 0 Å². The van der Waals surface area contributed by atoms with E-state index in [1.54, 1.807) is 0 Å². The molecule has 0 aliphatic carbocycles. The van der Waals surface area contributed by atoms with Crippen molar-refractivity contribution in [3.05, 3.63) is 71.8 Å². The molecule has 0 radical (unpaired) electrons. The van der Waals surface area contributed by atoms with Gasteiger partial charge in [0.2, 0.25) is 0 Å². The summed E-state index contributed by atoms with van der Waals surface area (Å²) in [6, 6.07) is 19.5. The standard InChI is InChI=1S/C22H31N2O3PS/c1-4-16-26-28(25,27-17-5-2)21(20-14-10-7-11-15-20)24-22(29)23-18(3)19-12-8-6-9-13-19/h6-15,18,21H,4-5,16-17H2,1-3H3,(H2,23,24,29)/t18-,21?/m0/s1. The highest BCUT2D eigenvalue weighted by atomic mass is 32.1. The molecule has 2 N–H and O–H groups in total. The number of hydrogen-bond acceptors (Lipinski definition) is 4. The maximum absolute atomic E-state index is 13.7. The molecule has 0 aliphatic heterocycles. The van der Waals surface area contributed by atoms with Crippen molar-refractivity contribution in [3.8, 4) is 0 Å². The number of nitrogens with one attached hydrogen (secondary N) is 2. The van der Waals surface area contributed by atoms with Gasteiger partial charge in [0.1, 0.15) is 0 Å². The lowest BCUT2D eigenvalue weighted by Gasteiger charge is -2.29. The number of thiocarbonyl (C=S) groups is 1. The fraction of sp³-hybridized carbons (Fsp3) is 0.409. The van der Waals surface area contributed by atoms with E-state index in [2.05, 4.69) is 10.6 Å². The van der Waals surface area contributed by atoms with Gasteiger partial charge in [-0.15, -0.1) is 0 Å². The highest BCUT2D eigenvalue weighted by Crippen LogP contribution is 2.59. The van der Waals surface area contributed by atoms with Gasteiger partial charge < -0.3 is 19.7 Å². The van der Waals surface area contributed by atoms with Crippen LogP contribution in [0.25, 0.3) is 0 Å². The molecule has 2 aromatic rings. The lowest BCUT2D eigenvalue weighted by Crippen LogP contribution is -2.39. The van der Waals surface area contributed by atoms with E-state index in [1.165, 1.54) is 0 Å². The molecule has 5 nitrogen and oxygen atoms in total. The molecule has 2 rings (SSSR count). The summed E-state index contributed by atoms with van der Waals surface area (Å²) in [6.07, 6.45) is 1.49. The van der Waals surface area contributed by atoms with Crippen LogP contribution in [0.1, 0.15) is 56.6 Å². The third-order valence-corrected chi connectivity index (χ3v) is 6.68. The molecule has 0 bridgehead atoms. The highest BCUT2D eigenvalue weighted by molar-refractivity contribution is 7.80. The van der Waals surface area contributed by atoms with Crippen LogP contribution in [0.2, 0.25) is 0 Å².